The van der Waals surface area contributed by atoms with Crippen LogP contribution in [0.2, 0.25) is 0 Å². The number of nitrogens with one attached hydrogen (secondary N) is 3. The van der Waals surface area contributed by atoms with Crippen molar-refractivity contribution < 1.29 is 22.7 Å². The Morgan fingerprint density at radius 1 is 0.979 bits per heavy atom. The smallest absolute Gasteiger partial charge is 0.406 e. The number of carbonyl (C=O) groups excluding carboxylic acids is 1. The van der Waals surface area contributed by atoms with Gasteiger partial charge in [0.15, 0.2) is 0 Å². The summed E-state index contributed by atoms with van der Waals surface area (Å²) >= 11 is 0. The van der Waals surface area contributed by atoms with Crippen molar-refractivity contribution >= 4 is 16.8 Å². The number of amides is 1. The lowest BCUT2D eigenvalue weighted by molar-refractivity contribution is -0.274. The molecular weight excluding hydrogens is 617 g/mol. The third kappa shape index (κ3) is 7.39. The number of likely N-dealkylation sites (tertiary alicyclic amines) is 2. The summed E-state index contributed by atoms with van der Waals surface area (Å²) in [4.78, 5) is 17.8. The first-order valence-electron chi connectivity index (χ1n) is 16.9. The minimum atomic E-state index is -4.74. The molecule has 254 valence electrons. The van der Waals surface area contributed by atoms with Gasteiger partial charge in [-0.1, -0.05) is 42.5 Å². The van der Waals surface area contributed by atoms with Crippen LogP contribution in [0.5, 0.6) is 5.75 Å². The molecule has 48 heavy (non-hydrogen) atoms. The first kappa shape index (κ1) is 32.6. The Hall–Kier alpha value is -3.90. The number of halogens is 3. The van der Waals surface area contributed by atoms with Crippen LogP contribution < -0.4 is 20.7 Å². The molecule has 1 aromatic heterocycles. The SMILES string of the molecule is Cc1ccccc1CN1CC2CC1CN2Cc1ccc2c(c1)c(-c1ccc(OC(F)(F)F)cc1)cn2CCCNC(=O)C1CNCCN1. The van der Waals surface area contributed by atoms with Gasteiger partial charge in [-0.05, 0) is 66.3 Å². The molecule has 3 fully saturated rings. The van der Waals surface area contributed by atoms with Gasteiger partial charge in [0.2, 0.25) is 5.91 Å². The van der Waals surface area contributed by atoms with E-state index in [1.54, 1.807) is 12.1 Å². The summed E-state index contributed by atoms with van der Waals surface area (Å²) < 4.78 is 44.8. The predicted octanol–water partition coefficient (Wildman–Crippen LogP) is 5.04. The number of piperazine rings is 2. The van der Waals surface area contributed by atoms with Crippen LogP contribution in [0.15, 0.2) is 72.9 Å². The van der Waals surface area contributed by atoms with Gasteiger partial charge in [0, 0.05) is 93.6 Å². The van der Waals surface area contributed by atoms with Crippen LogP contribution in [0.4, 0.5) is 13.2 Å². The normalized spacial score (nSPS) is 21.6. The van der Waals surface area contributed by atoms with Crippen molar-refractivity contribution in [2.75, 3.05) is 39.3 Å². The van der Waals surface area contributed by atoms with E-state index >= 15 is 0 Å². The number of alkyl halides is 3. The third-order valence-corrected chi connectivity index (χ3v) is 10.1. The quantitative estimate of drug-likeness (QED) is 0.196. The highest BCUT2D eigenvalue weighted by Crippen LogP contribution is 2.36. The molecule has 4 heterocycles. The predicted molar refractivity (Wildman–Crippen MR) is 181 cm³/mol. The molecule has 2 bridgehead atoms. The summed E-state index contributed by atoms with van der Waals surface area (Å²) in [5, 5.41) is 10.6. The molecule has 3 aromatic carbocycles. The Labute approximate surface area is 279 Å². The van der Waals surface area contributed by atoms with Crippen LogP contribution >= 0.6 is 0 Å². The number of hydrogen-bond acceptors (Lipinski definition) is 6. The molecule has 4 aromatic rings. The number of aryl methyl sites for hydroxylation is 2. The molecule has 3 N–H and O–H groups in total. The van der Waals surface area contributed by atoms with Crippen LogP contribution in [-0.2, 0) is 24.4 Å². The van der Waals surface area contributed by atoms with E-state index in [-0.39, 0.29) is 17.7 Å². The number of aromatic nitrogens is 1. The summed E-state index contributed by atoms with van der Waals surface area (Å²) in [7, 11) is 0. The van der Waals surface area contributed by atoms with E-state index < -0.39 is 6.36 Å². The van der Waals surface area contributed by atoms with Gasteiger partial charge in [0.1, 0.15) is 5.75 Å². The Morgan fingerprint density at radius 2 is 1.75 bits per heavy atom. The summed E-state index contributed by atoms with van der Waals surface area (Å²) in [6.07, 6.45) is -0.737. The second kappa shape index (κ2) is 13.9. The van der Waals surface area contributed by atoms with Crippen LogP contribution in [-0.4, -0.2) is 84.0 Å². The molecule has 3 aliphatic rings. The number of fused-ring (bicyclic) bond motifs is 3. The van der Waals surface area contributed by atoms with Gasteiger partial charge in [0.25, 0.3) is 0 Å². The van der Waals surface area contributed by atoms with Crippen LogP contribution in [0, 0.1) is 6.92 Å². The molecule has 0 spiro atoms. The van der Waals surface area contributed by atoms with Gasteiger partial charge in [-0.25, -0.2) is 0 Å². The fourth-order valence-corrected chi connectivity index (χ4v) is 7.58. The van der Waals surface area contributed by atoms with Gasteiger partial charge in [-0.2, -0.15) is 0 Å². The van der Waals surface area contributed by atoms with Crippen molar-refractivity contribution in [2.24, 2.45) is 0 Å². The molecule has 8 nitrogen and oxygen atoms in total. The lowest BCUT2D eigenvalue weighted by Gasteiger charge is -2.34. The Kier molecular flexibility index (Phi) is 9.46. The van der Waals surface area contributed by atoms with E-state index in [2.05, 4.69) is 90.6 Å². The Morgan fingerprint density at radius 3 is 2.46 bits per heavy atom. The highest BCUT2D eigenvalue weighted by Gasteiger charge is 2.42. The maximum absolute atomic E-state index is 12.8. The monoisotopic (exact) mass is 660 g/mol. The average Bonchev–Trinajstić information content (AvgIpc) is 3.77. The molecular formula is C37H43F3N6O2. The fraction of sp³-hybridized carbons (Fsp3) is 0.432. The zero-order valence-corrected chi connectivity index (χ0v) is 27.2. The number of hydrogen-bond donors (Lipinski definition) is 3. The standard InChI is InChI=1S/C37H43F3N6O2/c1-25-5-2-3-6-28(25)21-46-23-29-18-30(46)22-45(29)20-26-7-12-35-32(17-26)33(27-8-10-31(11-9-27)48-37(38,39)40)24-44(35)16-4-13-43-36(47)34-19-41-14-15-42-34/h2-3,5-12,17,24,29-30,34,41-42H,4,13-16,18-23H2,1H3,(H,43,47). The van der Waals surface area contributed by atoms with Crippen molar-refractivity contribution in [3.8, 4) is 16.9 Å². The number of benzene rings is 3. The van der Waals surface area contributed by atoms with Crippen molar-refractivity contribution in [3.63, 3.8) is 0 Å². The Bertz CT molecular complexity index is 1730. The number of ether oxygens (including phenoxy) is 1. The molecule has 3 saturated heterocycles. The van der Waals surface area contributed by atoms with E-state index in [9.17, 15) is 18.0 Å². The van der Waals surface area contributed by atoms with Gasteiger partial charge >= 0.3 is 6.36 Å². The molecule has 0 aliphatic carbocycles. The summed E-state index contributed by atoms with van der Waals surface area (Å²) in [6, 6.07) is 22.2. The maximum atomic E-state index is 12.8. The second-order valence-corrected chi connectivity index (χ2v) is 13.3. The van der Waals surface area contributed by atoms with Crippen molar-refractivity contribution in [2.45, 2.75) is 63.9 Å². The lowest BCUT2D eigenvalue weighted by Crippen LogP contribution is -2.55. The summed E-state index contributed by atoms with van der Waals surface area (Å²) in [5.74, 6) is -0.241. The molecule has 0 saturated carbocycles. The fourth-order valence-electron chi connectivity index (χ4n) is 7.58. The minimum Gasteiger partial charge on any atom is -0.406 e. The van der Waals surface area contributed by atoms with Gasteiger partial charge in [0.05, 0.1) is 6.04 Å². The van der Waals surface area contributed by atoms with Gasteiger partial charge < -0.3 is 25.3 Å². The lowest BCUT2D eigenvalue weighted by atomic mass is 10.0. The highest BCUT2D eigenvalue weighted by atomic mass is 19.4. The van der Waals surface area contributed by atoms with Crippen molar-refractivity contribution in [1.29, 1.82) is 0 Å². The van der Waals surface area contributed by atoms with E-state index in [0.717, 1.165) is 67.7 Å². The first-order valence-corrected chi connectivity index (χ1v) is 16.9. The van der Waals surface area contributed by atoms with E-state index in [1.807, 2.05) is 0 Å². The van der Waals surface area contributed by atoms with Gasteiger partial charge in [-0.3, -0.25) is 14.6 Å². The Balaban J connectivity index is 1.06. The minimum absolute atomic E-state index is 0.0000228. The van der Waals surface area contributed by atoms with Crippen molar-refractivity contribution in [3.05, 3.63) is 89.6 Å². The number of nitrogens with zero attached hydrogens (tertiary/aromatic N) is 3. The third-order valence-electron chi connectivity index (χ3n) is 10.1. The number of rotatable bonds is 11. The average molecular weight is 661 g/mol. The topological polar surface area (TPSA) is 73.8 Å². The zero-order chi connectivity index (χ0) is 33.3. The highest BCUT2D eigenvalue weighted by molar-refractivity contribution is 5.96. The van der Waals surface area contributed by atoms with Crippen LogP contribution in [0.1, 0.15) is 29.5 Å². The summed E-state index contributed by atoms with van der Waals surface area (Å²) in [6.45, 7) is 9.64. The molecule has 11 heteroatoms. The van der Waals surface area contributed by atoms with Crippen molar-refractivity contribution in [1.82, 2.24) is 30.3 Å². The van der Waals surface area contributed by atoms with Gasteiger partial charge in [-0.15, -0.1) is 13.2 Å². The molecule has 3 atom stereocenters. The first-order chi connectivity index (χ1) is 23.2. The zero-order valence-electron chi connectivity index (χ0n) is 27.2. The molecule has 3 unspecified atom stereocenters. The van der Waals surface area contributed by atoms with Crippen LogP contribution in [0.3, 0.4) is 0 Å². The van der Waals surface area contributed by atoms with Crippen LogP contribution in [0.25, 0.3) is 22.0 Å². The largest absolute Gasteiger partial charge is 0.573 e. The second-order valence-electron chi connectivity index (χ2n) is 13.3. The summed E-state index contributed by atoms with van der Waals surface area (Å²) in [5.41, 5.74) is 6.80. The number of carbonyl (C=O) groups is 1. The maximum Gasteiger partial charge on any atom is 0.573 e. The molecule has 0 radical (unpaired) electrons. The molecule has 1 amide bonds. The molecule has 7 rings (SSSR count). The van der Waals surface area contributed by atoms with E-state index in [4.69, 9.17) is 0 Å². The van der Waals surface area contributed by atoms with E-state index in [1.165, 1.54) is 35.2 Å². The van der Waals surface area contributed by atoms with E-state index in [0.29, 0.717) is 31.7 Å². The molecule has 3 aliphatic heterocycles.